The molecule has 0 aliphatic rings. The first-order chi connectivity index (χ1) is 1.00. The summed E-state index contributed by atoms with van der Waals surface area (Å²) in [6.07, 6.45) is 0. The van der Waals surface area contributed by atoms with Crippen LogP contribution in [0.4, 0.5) is 0 Å². The molecule has 1 atom stereocenters. The van der Waals surface area contributed by atoms with Gasteiger partial charge in [0.15, 0.2) is 0 Å². The predicted octanol–water partition coefficient (Wildman–Crippen LogP) is -0.0331. The third-order valence-electron chi connectivity index (χ3n) is 0. The van der Waals surface area contributed by atoms with Crippen LogP contribution >= 0.6 is 9.12 Å². The van der Waals surface area contributed by atoms with Gasteiger partial charge < -0.3 is 11.0 Å². The molecular weight excluding hydrogens is 168 g/mol. The molecule has 0 spiro atoms. The summed E-state index contributed by atoms with van der Waals surface area (Å²) < 4.78 is 8.17. The van der Waals surface area contributed by atoms with E-state index in [9.17, 15) is 0 Å². The van der Waals surface area contributed by atoms with Crippen LogP contribution in [-0.4, -0.2) is 0 Å². The largest absolute Gasteiger partial charge is 3.00 e. The molecule has 0 aliphatic heterocycles. The standard InChI is InChI=1S/H2OP.2O.Y/c1-2;;;/h2H2;;;/q+1;2*-2;+3. The fourth-order valence-corrected chi connectivity index (χ4v) is 0. The monoisotopic (exact) mass is 170 g/mol. The van der Waals surface area contributed by atoms with E-state index in [0.29, 0.717) is 0 Å². The van der Waals surface area contributed by atoms with Gasteiger partial charge in [-0.25, -0.2) is 0 Å². The van der Waals surface area contributed by atoms with Crippen LogP contribution in [0, 0.1) is 0 Å². The maximum Gasteiger partial charge on any atom is 3.00 e. The first kappa shape index (κ1) is 35.6. The molecule has 0 saturated carbocycles. The van der Waals surface area contributed by atoms with Crippen molar-refractivity contribution in [1.82, 2.24) is 0 Å². The van der Waals surface area contributed by atoms with Gasteiger partial charge in [-0.1, -0.05) is 4.57 Å². The predicted molar refractivity (Wildman–Crippen MR) is 11.8 cm³/mol. The molecule has 5 heavy (non-hydrogen) atoms. The van der Waals surface area contributed by atoms with E-state index in [1.165, 1.54) is 9.12 Å². The minimum absolute atomic E-state index is 0. The zero-order valence-corrected chi connectivity index (χ0v) is 6.37. The van der Waals surface area contributed by atoms with Gasteiger partial charge in [0.2, 0.25) is 0 Å². The summed E-state index contributed by atoms with van der Waals surface area (Å²) in [6.45, 7) is 0. The number of hydrogen-bond donors (Lipinski definition) is 0. The molecule has 0 amide bonds. The van der Waals surface area contributed by atoms with Gasteiger partial charge in [0.1, 0.15) is 0 Å². The van der Waals surface area contributed by atoms with Crippen LogP contribution in [0.1, 0.15) is 0 Å². The zero-order valence-electron chi connectivity index (χ0n) is 2.38. The molecule has 0 aromatic heterocycles. The normalized spacial score (nSPS) is 0.800. The van der Waals surface area contributed by atoms with Crippen molar-refractivity contribution in [2.75, 3.05) is 0 Å². The van der Waals surface area contributed by atoms with Crippen LogP contribution < -0.4 is 0 Å². The molecule has 0 bridgehead atoms. The minimum atomic E-state index is 0. The molecule has 5 heteroatoms. The van der Waals surface area contributed by atoms with Gasteiger partial charge in [-0.2, -0.15) is 0 Å². The van der Waals surface area contributed by atoms with Gasteiger partial charge in [-0.15, -0.1) is 0 Å². The van der Waals surface area contributed by atoms with Crippen LogP contribution in [-0.2, 0) is 48.2 Å². The average molecular weight is 170 g/mol. The van der Waals surface area contributed by atoms with E-state index in [-0.39, 0.29) is 43.7 Å². The Bertz CT molecular complexity index is 6.85. The van der Waals surface area contributed by atoms with E-state index in [0.717, 1.165) is 0 Å². The Morgan fingerprint density at radius 1 is 1.00 bits per heavy atom. The van der Waals surface area contributed by atoms with Crippen molar-refractivity contribution in [3.8, 4) is 0 Å². The molecule has 0 fully saturated rings. The van der Waals surface area contributed by atoms with Crippen LogP contribution in [0.2, 0.25) is 0 Å². The maximum atomic E-state index is 8.17. The van der Waals surface area contributed by atoms with E-state index in [1.54, 1.807) is 0 Å². The van der Waals surface area contributed by atoms with Crippen molar-refractivity contribution in [3.63, 3.8) is 0 Å². The van der Waals surface area contributed by atoms with E-state index < -0.39 is 0 Å². The van der Waals surface area contributed by atoms with Crippen molar-refractivity contribution in [2.45, 2.75) is 0 Å². The van der Waals surface area contributed by atoms with Gasteiger partial charge in [0.05, 0.1) is 0 Å². The molecule has 0 saturated heterocycles. The van der Waals surface area contributed by atoms with Crippen molar-refractivity contribution in [3.05, 3.63) is 0 Å². The molecule has 28 valence electrons. The van der Waals surface area contributed by atoms with E-state index in [1.807, 2.05) is 0 Å². The molecule has 0 aromatic carbocycles. The van der Waals surface area contributed by atoms with Gasteiger partial charge >= 0.3 is 41.8 Å². The van der Waals surface area contributed by atoms with Crippen molar-refractivity contribution >= 4 is 9.12 Å². The van der Waals surface area contributed by atoms with Crippen LogP contribution in [0.3, 0.4) is 0 Å². The summed E-state index contributed by atoms with van der Waals surface area (Å²) in [7, 11) is 1.17. The first-order valence-corrected chi connectivity index (χ1v) is 0.707. The van der Waals surface area contributed by atoms with E-state index >= 15 is 0 Å². The van der Waals surface area contributed by atoms with Gasteiger partial charge in [-0.3, -0.25) is 0 Å². The average Bonchev–Trinajstić information content (AvgIpc) is 1.00. The SMILES string of the molecule is O=[PH2+].[O-2].[O-2].[Y+3]. The second kappa shape index (κ2) is 69.0. The Labute approximate surface area is 57.3 Å². The Balaban J connectivity index is -0.00000000167. The third-order valence-corrected chi connectivity index (χ3v) is 0. The molecule has 0 heterocycles. The topological polar surface area (TPSA) is 74.1 Å². The van der Waals surface area contributed by atoms with Crippen molar-refractivity contribution in [2.24, 2.45) is 0 Å². The van der Waals surface area contributed by atoms with Gasteiger partial charge in [-0.05, 0) is 0 Å². The van der Waals surface area contributed by atoms with E-state index in [2.05, 4.69) is 0 Å². The van der Waals surface area contributed by atoms with E-state index in [4.69, 9.17) is 4.57 Å². The Morgan fingerprint density at radius 3 is 1.00 bits per heavy atom. The molecule has 0 N–H and O–H groups in total. The van der Waals surface area contributed by atoms with Crippen molar-refractivity contribution in [1.29, 1.82) is 0 Å². The third kappa shape index (κ3) is 39.6. The molecule has 0 radical (unpaired) electrons. The molecular formula is H2O3PY. The maximum absolute atomic E-state index is 8.17. The molecule has 0 rings (SSSR count). The second-order valence-electron chi connectivity index (χ2n) is 0. The Hall–Kier alpha value is 1.12. The number of hydrogen-bond acceptors (Lipinski definition) is 1. The zero-order chi connectivity index (χ0) is 2.00. The van der Waals surface area contributed by atoms with Crippen LogP contribution in [0.15, 0.2) is 0 Å². The Kier molecular flexibility index (Phi) is 492. The summed E-state index contributed by atoms with van der Waals surface area (Å²) in [4.78, 5) is 0. The van der Waals surface area contributed by atoms with Crippen LogP contribution in [0.5, 0.6) is 0 Å². The fraction of sp³-hybridized carbons (Fsp3) is 0. The summed E-state index contributed by atoms with van der Waals surface area (Å²) in [5, 5.41) is 0. The summed E-state index contributed by atoms with van der Waals surface area (Å²) in [5.41, 5.74) is 0. The van der Waals surface area contributed by atoms with Crippen molar-refractivity contribution < 1.29 is 48.2 Å². The second-order valence-corrected chi connectivity index (χ2v) is 0. The smallest absolute Gasteiger partial charge is 2.00 e. The number of rotatable bonds is 0. The summed E-state index contributed by atoms with van der Waals surface area (Å²) in [6, 6.07) is 0. The first-order valence-electron chi connectivity index (χ1n) is 0.236. The molecule has 0 aromatic rings. The fourth-order valence-electron chi connectivity index (χ4n) is 0. The quantitative estimate of drug-likeness (QED) is 0.470. The van der Waals surface area contributed by atoms with Gasteiger partial charge in [0.25, 0.3) is 0 Å². The molecule has 3 nitrogen and oxygen atoms in total. The molecule has 1 unspecified atom stereocenters. The van der Waals surface area contributed by atoms with Gasteiger partial charge in [0, 0.05) is 0 Å². The van der Waals surface area contributed by atoms with Crippen LogP contribution in [0.25, 0.3) is 0 Å². The Morgan fingerprint density at radius 2 is 1.00 bits per heavy atom. The molecule has 0 aliphatic carbocycles. The minimum Gasteiger partial charge on any atom is -2.00 e. The summed E-state index contributed by atoms with van der Waals surface area (Å²) in [5.74, 6) is 0. The summed E-state index contributed by atoms with van der Waals surface area (Å²) >= 11 is 0.